The monoisotopic (exact) mass is 331 g/mol. The molecule has 6 heteroatoms. The number of hydrogen-bond donors (Lipinski definition) is 0. The highest BCUT2D eigenvalue weighted by Gasteiger charge is 2.43. The Balaban J connectivity index is 2.70. The van der Waals surface area contributed by atoms with Crippen LogP contribution in [0.1, 0.15) is 40.0 Å². The summed E-state index contributed by atoms with van der Waals surface area (Å²) in [4.78, 5) is 2.20. The molecule has 1 unspecified atom stereocenters. The number of nitrogens with zero attached hydrogens (tertiary/aromatic N) is 1. The Morgan fingerprint density at radius 2 is 2.00 bits per heavy atom. The van der Waals surface area contributed by atoms with Gasteiger partial charge >= 0.3 is 8.80 Å². The standard InChI is InChI=1S/C16H33NO4Si/c1-5-9-11-17(6-2)14-16-15-18-12-10-13-22(21-16,19-7-3)20-8-4/h6,16H,2,5,7-15H2,1,3-4H3. The summed E-state index contributed by atoms with van der Waals surface area (Å²) < 4.78 is 24.0. The van der Waals surface area contributed by atoms with Crippen molar-refractivity contribution < 1.29 is 18.0 Å². The molecular weight excluding hydrogens is 298 g/mol. The number of rotatable bonds is 10. The Labute approximate surface area is 136 Å². The van der Waals surface area contributed by atoms with Crippen molar-refractivity contribution in [3.63, 3.8) is 0 Å². The molecule has 0 aliphatic carbocycles. The van der Waals surface area contributed by atoms with Crippen molar-refractivity contribution in [3.05, 3.63) is 12.8 Å². The zero-order chi connectivity index (χ0) is 16.3. The van der Waals surface area contributed by atoms with E-state index in [1.165, 1.54) is 6.42 Å². The molecule has 0 amide bonds. The summed E-state index contributed by atoms with van der Waals surface area (Å²) in [6.45, 7) is 14.5. The highest BCUT2D eigenvalue weighted by molar-refractivity contribution is 6.60. The lowest BCUT2D eigenvalue weighted by Crippen LogP contribution is -2.52. The largest absolute Gasteiger partial charge is 0.501 e. The van der Waals surface area contributed by atoms with Gasteiger partial charge < -0.3 is 22.9 Å². The summed E-state index contributed by atoms with van der Waals surface area (Å²) in [5, 5.41) is 0. The van der Waals surface area contributed by atoms with Gasteiger partial charge in [0.15, 0.2) is 0 Å². The first-order chi connectivity index (χ1) is 10.7. The van der Waals surface area contributed by atoms with E-state index in [4.69, 9.17) is 18.0 Å². The van der Waals surface area contributed by atoms with Crippen LogP contribution < -0.4 is 0 Å². The maximum atomic E-state index is 6.35. The van der Waals surface area contributed by atoms with Gasteiger partial charge in [0.2, 0.25) is 0 Å². The lowest BCUT2D eigenvalue weighted by atomic mass is 10.3. The molecular formula is C16H33NO4Si. The third-order valence-electron chi connectivity index (χ3n) is 3.65. The Kier molecular flexibility index (Phi) is 9.98. The van der Waals surface area contributed by atoms with Gasteiger partial charge in [-0.1, -0.05) is 19.9 Å². The molecule has 5 nitrogen and oxygen atoms in total. The molecule has 0 aromatic rings. The summed E-state index contributed by atoms with van der Waals surface area (Å²) in [5.41, 5.74) is 0. The van der Waals surface area contributed by atoms with Crippen molar-refractivity contribution in [2.45, 2.75) is 52.2 Å². The first kappa shape index (κ1) is 19.6. The minimum atomic E-state index is -2.58. The van der Waals surface area contributed by atoms with Crippen molar-refractivity contribution >= 4 is 8.80 Å². The van der Waals surface area contributed by atoms with E-state index in [1.54, 1.807) is 0 Å². The molecule has 1 aliphatic heterocycles. The maximum Gasteiger partial charge on any atom is 0.501 e. The van der Waals surface area contributed by atoms with Crippen LogP contribution in [0, 0.1) is 0 Å². The van der Waals surface area contributed by atoms with Gasteiger partial charge in [-0.25, -0.2) is 0 Å². The van der Waals surface area contributed by atoms with Crippen molar-refractivity contribution in [1.29, 1.82) is 0 Å². The van der Waals surface area contributed by atoms with Crippen LogP contribution in [0.3, 0.4) is 0 Å². The van der Waals surface area contributed by atoms with Crippen LogP contribution in [0.4, 0.5) is 0 Å². The molecule has 0 aromatic heterocycles. The normalized spacial score (nSPS) is 21.9. The van der Waals surface area contributed by atoms with Crippen LogP contribution in [0.5, 0.6) is 0 Å². The Morgan fingerprint density at radius 1 is 1.27 bits per heavy atom. The van der Waals surface area contributed by atoms with Gasteiger partial charge in [0, 0.05) is 39.0 Å². The molecule has 1 rings (SSSR count). The minimum Gasteiger partial charge on any atom is -0.379 e. The molecule has 0 radical (unpaired) electrons. The number of unbranched alkanes of at least 4 members (excludes halogenated alkanes) is 1. The summed E-state index contributed by atoms with van der Waals surface area (Å²) in [6, 6.07) is 0.828. The fourth-order valence-electron chi connectivity index (χ4n) is 2.62. The van der Waals surface area contributed by atoms with Crippen molar-refractivity contribution in [3.8, 4) is 0 Å². The zero-order valence-corrected chi connectivity index (χ0v) is 15.5. The summed E-state index contributed by atoms with van der Waals surface area (Å²) in [6.07, 6.45) is 5.12. The van der Waals surface area contributed by atoms with Crippen molar-refractivity contribution in [2.24, 2.45) is 0 Å². The van der Waals surface area contributed by atoms with E-state index in [9.17, 15) is 0 Å². The van der Waals surface area contributed by atoms with Crippen LogP contribution in [0.2, 0.25) is 6.04 Å². The molecule has 0 aromatic carbocycles. The Morgan fingerprint density at radius 3 is 2.59 bits per heavy atom. The zero-order valence-electron chi connectivity index (χ0n) is 14.5. The highest BCUT2D eigenvalue weighted by atomic mass is 28.4. The van der Waals surface area contributed by atoms with E-state index in [0.29, 0.717) is 19.8 Å². The first-order valence-corrected chi connectivity index (χ1v) is 10.5. The average molecular weight is 332 g/mol. The second kappa shape index (κ2) is 11.2. The summed E-state index contributed by atoms with van der Waals surface area (Å²) in [5.74, 6) is 0. The predicted molar refractivity (Wildman–Crippen MR) is 90.8 cm³/mol. The van der Waals surface area contributed by atoms with Gasteiger partial charge in [-0.15, -0.1) is 0 Å². The van der Waals surface area contributed by atoms with E-state index >= 15 is 0 Å². The number of ether oxygens (including phenoxy) is 1. The average Bonchev–Trinajstić information content (AvgIpc) is 2.49. The first-order valence-electron chi connectivity index (χ1n) is 8.59. The lowest BCUT2D eigenvalue weighted by Gasteiger charge is -2.36. The summed E-state index contributed by atoms with van der Waals surface area (Å²) in [7, 11) is -2.58. The minimum absolute atomic E-state index is 0.0278. The predicted octanol–water partition coefficient (Wildman–Crippen LogP) is 3.05. The molecule has 1 atom stereocenters. The molecule has 0 bridgehead atoms. The molecule has 22 heavy (non-hydrogen) atoms. The fourth-order valence-corrected chi connectivity index (χ4v) is 5.35. The highest BCUT2D eigenvalue weighted by Crippen LogP contribution is 2.23. The van der Waals surface area contributed by atoms with Gasteiger partial charge in [-0.2, -0.15) is 0 Å². The van der Waals surface area contributed by atoms with E-state index in [-0.39, 0.29) is 6.10 Å². The van der Waals surface area contributed by atoms with Gasteiger partial charge in [-0.05, 0) is 32.9 Å². The third kappa shape index (κ3) is 6.79. The molecule has 0 N–H and O–H groups in total. The quantitative estimate of drug-likeness (QED) is 0.575. The van der Waals surface area contributed by atoms with Crippen LogP contribution in [0.25, 0.3) is 0 Å². The fraction of sp³-hybridized carbons (Fsp3) is 0.875. The second-order valence-corrected chi connectivity index (χ2v) is 8.18. The van der Waals surface area contributed by atoms with Gasteiger partial charge in [0.1, 0.15) is 0 Å². The van der Waals surface area contributed by atoms with Gasteiger partial charge in [0.25, 0.3) is 0 Å². The molecule has 1 heterocycles. The number of hydrogen-bond acceptors (Lipinski definition) is 5. The van der Waals surface area contributed by atoms with Crippen LogP contribution in [-0.2, 0) is 18.0 Å². The molecule has 1 aliphatic rings. The topological polar surface area (TPSA) is 40.2 Å². The molecule has 1 saturated heterocycles. The Bertz CT molecular complexity index is 298. The van der Waals surface area contributed by atoms with Gasteiger partial charge in [-0.3, -0.25) is 0 Å². The Hall–Kier alpha value is -0.403. The lowest BCUT2D eigenvalue weighted by molar-refractivity contribution is -0.0324. The van der Waals surface area contributed by atoms with Crippen LogP contribution >= 0.6 is 0 Å². The van der Waals surface area contributed by atoms with Crippen molar-refractivity contribution in [1.82, 2.24) is 4.90 Å². The molecule has 0 spiro atoms. The SMILES string of the molecule is C=CN(CCCC)CC1COCCC[Si](OCC)(OCC)O1. The van der Waals surface area contributed by atoms with E-state index in [2.05, 4.69) is 18.4 Å². The second-order valence-electron chi connectivity index (χ2n) is 5.50. The third-order valence-corrected chi connectivity index (χ3v) is 6.76. The van der Waals surface area contributed by atoms with E-state index < -0.39 is 8.80 Å². The van der Waals surface area contributed by atoms with Crippen LogP contribution in [-0.4, -0.2) is 59.3 Å². The van der Waals surface area contributed by atoms with Crippen molar-refractivity contribution in [2.75, 3.05) is 39.5 Å². The smallest absolute Gasteiger partial charge is 0.379 e. The van der Waals surface area contributed by atoms with Crippen LogP contribution in [0.15, 0.2) is 12.8 Å². The molecule has 0 saturated carbocycles. The molecule has 1 fully saturated rings. The maximum absolute atomic E-state index is 6.35. The summed E-state index contributed by atoms with van der Waals surface area (Å²) >= 11 is 0. The van der Waals surface area contributed by atoms with Gasteiger partial charge in [0.05, 0.1) is 12.7 Å². The molecule has 130 valence electrons. The van der Waals surface area contributed by atoms with E-state index in [1.807, 2.05) is 20.0 Å². The van der Waals surface area contributed by atoms with E-state index in [0.717, 1.165) is 38.6 Å².